The average Bonchev–Trinajstić information content (AvgIpc) is 2.85. The zero-order valence-corrected chi connectivity index (χ0v) is 10.3. The highest BCUT2D eigenvalue weighted by atomic mass is 16.5. The first-order valence-corrected chi connectivity index (χ1v) is 6.24. The number of carbonyl (C=O) groups excluding carboxylic acids is 1. The van der Waals surface area contributed by atoms with Gasteiger partial charge in [0.25, 0.3) is 0 Å². The van der Waals surface area contributed by atoms with Gasteiger partial charge in [0.1, 0.15) is 0 Å². The molecular weight excluding hydrogens is 234 g/mol. The second kappa shape index (κ2) is 6.46. The van der Waals surface area contributed by atoms with Crippen LogP contribution in [0.1, 0.15) is 18.7 Å². The molecular formula is C11H19N5O2. The van der Waals surface area contributed by atoms with Gasteiger partial charge in [-0.2, -0.15) is 4.98 Å². The molecule has 1 fully saturated rings. The van der Waals surface area contributed by atoms with Crippen molar-refractivity contribution in [2.24, 2.45) is 5.73 Å². The molecule has 2 heterocycles. The summed E-state index contributed by atoms with van der Waals surface area (Å²) in [5.74, 6) is 0.646. The molecule has 0 bridgehead atoms. The monoisotopic (exact) mass is 253 g/mol. The summed E-state index contributed by atoms with van der Waals surface area (Å²) in [5, 5.41) is 6.52. The highest BCUT2D eigenvalue weighted by Gasteiger charge is 2.17. The second-order valence-corrected chi connectivity index (χ2v) is 4.56. The molecule has 0 atom stereocenters. The number of aromatic nitrogens is 2. The third-order valence-electron chi connectivity index (χ3n) is 3.08. The van der Waals surface area contributed by atoms with Crippen LogP contribution in [-0.2, 0) is 11.2 Å². The molecule has 1 aromatic rings. The predicted molar refractivity (Wildman–Crippen MR) is 64.7 cm³/mol. The van der Waals surface area contributed by atoms with Gasteiger partial charge >= 0.3 is 0 Å². The van der Waals surface area contributed by atoms with E-state index in [0.29, 0.717) is 31.4 Å². The van der Waals surface area contributed by atoms with E-state index in [1.54, 1.807) is 0 Å². The summed E-state index contributed by atoms with van der Waals surface area (Å²) in [6.45, 7) is 2.78. The Labute approximate surface area is 106 Å². The van der Waals surface area contributed by atoms with Crippen LogP contribution in [0.25, 0.3) is 0 Å². The molecule has 0 unspecified atom stereocenters. The highest BCUT2D eigenvalue weighted by molar-refractivity contribution is 5.78. The van der Waals surface area contributed by atoms with Gasteiger partial charge in [0.2, 0.25) is 12.3 Å². The van der Waals surface area contributed by atoms with E-state index in [2.05, 4.69) is 24.9 Å². The first-order chi connectivity index (χ1) is 8.74. The van der Waals surface area contributed by atoms with E-state index in [4.69, 9.17) is 5.73 Å². The standard InChI is InChI=1S/C11H19N5O2/c12-9-2-5-16(6-3-9)7-11(17)13-4-1-10-14-8-18-15-10/h8-9H,1-7,12H2,(H,13,17). The Balaban J connectivity index is 1.60. The predicted octanol–water partition coefficient (Wildman–Crippen LogP) is -0.849. The fourth-order valence-electron chi connectivity index (χ4n) is 1.99. The van der Waals surface area contributed by atoms with E-state index in [1.165, 1.54) is 6.39 Å². The fraction of sp³-hybridized carbons (Fsp3) is 0.727. The Morgan fingerprint density at radius 2 is 2.33 bits per heavy atom. The van der Waals surface area contributed by atoms with Gasteiger partial charge in [0, 0.05) is 32.1 Å². The molecule has 0 spiro atoms. The summed E-state index contributed by atoms with van der Waals surface area (Å²) < 4.78 is 4.61. The van der Waals surface area contributed by atoms with Crippen LogP contribution in [-0.4, -0.2) is 53.2 Å². The zero-order valence-electron chi connectivity index (χ0n) is 10.3. The Hall–Kier alpha value is -1.47. The topological polar surface area (TPSA) is 97.3 Å². The lowest BCUT2D eigenvalue weighted by molar-refractivity contribution is -0.122. The van der Waals surface area contributed by atoms with Crippen molar-refractivity contribution in [1.82, 2.24) is 20.4 Å². The molecule has 0 saturated carbocycles. The normalized spacial score (nSPS) is 17.8. The molecule has 7 heteroatoms. The number of piperidine rings is 1. The quantitative estimate of drug-likeness (QED) is 0.709. The summed E-state index contributed by atoms with van der Waals surface area (Å²) in [6, 6.07) is 0.294. The number of nitrogens with two attached hydrogens (primary N) is 1. The van der Waals surface area contributed by atoms with Gasteiger partial charge in [-0.15, -0.1) is 0 Å². The minimum atomic E-state index is 0.0361. The third kappa shape index (κ3) is 4.08. The largest absolute Gasteiger partial charge is 0.355 e. The minimum absolute atomic E-state index is 0.0361. The molecule has 1 aromatic heterocycles. The van der Waals surface area contributed by atoms with Crippen molar-refractivity contribution in [2.45, 2.75) is 25.3 Å². The van der Waals surface area contributed by atoms with Crippen LogP contribution in [0.5, 0.6) is 0 Å². The number of amides is 1. The van der Waals surface area contributed by atoms with Crippen LogP contribution < -0.4 is 11.1 Å². The lowest BCUT2D eigenvalue weighted by Crippen LogP contribution is -2.44. The van der Waals surface area contributed by atoms with E-state index < -0.39 is 0 Å². The SMILES string of the molecule is NC1CCN(CC(=O)NCCc2ncon2)CC1. The smallest absolute Gasteiger partial charge is 0.234 e. The maximum atomic E-state index is 11.7. The Morgan fingerprint density at radius 1 is 1.56 bits per heavy atom. The van der Waals surface area contributed by atoms with Crippen molar-refractivity contribution < 1.29 is 9.32 Å². The number of likely N-dealkylation sites (tertiary alicyclic amines) is 1. The van der Waals surface area contributed by atoms with Gasteiger partial charge in [-0.05, 0) is 12.8 Å². The number of carbonyl (C=O) groups is 1. The Bertz CT molecular complexity index is 360. The van der Waals surface area contributed by atoms with Crippen molar-refractivity contribution in [3.05, 3.63) is 12.2 Å². The number of nitrogens with one attached hydrogen (secondary N) is 1. The van der Waals surface area contributed by atoms with Gasteiger partial charge in [-0.1, -0.05) is 5.16 Å². The molecule has 0 radical (unpaired) electrons. The van der Waals surface area contributed by atoms with Crippen LogP contribution in [0.4, 0.5) is 0 Å². The summed E-state index contributed by atoms with van der Waals surface area (Å²) in [6.07, 6.45) is 3.81. The maximum absolute atomic E-state index is 11.7. The molecule has 0 aromatic carbocycles. The van der Waals surface area contributed by atoms with Crippen molar-refractivity contribution in [3.63, 3.8) is 0 Å². The molecule has 3 N–H and O–H groups in total. The summed E-state index contributed by atoms with van der Waals surface area (Å²) >= 11 is 0. The Morgan fingerprint density at radius 3 is 3.00 bits per heavy atom. The van der Waals surface area contributed by atoms with E-state index in [0.717, 1.165) is 25.9 Å². The van der Waals surface area contributed by atoms with Crippen LogP contribution in [0.15, 0.2) is 10.9 Å². The van der Waals surface area contributed by atoms with Crippen molar-refractivity contribution in [1.29, 1.82) is 0 Å². The molecule has 1 amide bonds. The highest BCUT2D eigenvalue weighted by Crippen LogP contribution is 2.07. The molecule has 2 rings (SSSR count). The fourth-order valence-corrected chi connectivity index (χ4v) is 1.99. The average molecular weight is 253 g/mol. The minimum Gasteiger partial charge on any atom is -0.355 e. The van der Waals surface area contributed by atoms with Crippen LogP contribution >= 0.6 is 0 Å². The van der Waals surface area contributed by atoms with E-state index in [9.17, 15) is 4.79 Å². The summed E-state index contributed by atoms with van der Waals surface area (Å²) in [4.78, 5) is 17.7. The number of nitrogens with zero attached hydrogens (tertiary/aromatic N) is 3. The van der Waals surface area contributed by atoms with Gasteiger partial charge in [-0.25, -0.2) is 0 Å². The lowest BCUT2D eigenvalue weighted by atomic mass is 10.1. The molecule has 100 valence electrons. The third-order valence-corrected chi connectivity index (χ3v) is 3.08. The molecule has 0 aliphatic carbocycles. The van der Waals surface area contributed by atoms with E-state index in [1.807, 2.05) is 0 Å². The van der Waals surface area contributed by atoms with E-state index >= 15 is 0 Å². The van der Waals surface area contributed by atoms with Gasteiger partial charge in [0.05, 0.1) is 6.54 Å². The Kier molecular flexibility index (Phi) is 4.66. The molecule has 7 nitrogen and oxygen atoms in total. The molecule has 1 aliphatic rings. The van der Waals surface area contributed by atoms with Gasteiger partial charge in [-0.3, -0.25) is 9.69 Å². The zero-order chi connectivity index (χ0) is 12.8. The van der Waals surface area contributed by atoms with Crippen LogP contribution in [0.2, 0.25) is 0 Å². The first-order valence-electron chi connectivity index (χ1n) is 6.24. The molecule has 18 heavy (non-hydrogen) atoms. The summed E-state index contributed by atoms with van der Waals surface area (Å²) in [5.41, 5.74) is 5.81. The van der Waals surface area contributed by atoms with Gasteiger partial charge in [0.15, 0.2) is 5.82 Å². The number of hydrogen-bond acceptors (Lipinski definition) is 6. The van der Waals surface area contributed by atoms with Crippen molar-refractivity contribution in [3.8, 4) is 0 Å². The molecule has 1 aliphatic heterocycles. The molecule has 1 saturated heterocycles. The van der Waals surface area contributed by atoms with Crippen molar-refractivity contribution in [2.75, 3.05) is 26.2 Å². The second-order valence-electron chi connectivity index (χ2n) is 4.56. The van der Waals surface area contributed by atoms with Crippen molar-refractivity contribution >= 4 is 5.91 Å². The van der Waals surface area contributed by atoms with Crippen LogP contribution in [0, 0.1) is 0 Å². The van der Waals surface area contributed by atoms with E-state index in [-0.39, 0.29) is 5.91 Å². The lowest BCUT2D eigenvalue weighted by Gasteiger charge is -2.29. The first kappa shape index (κ1) is 13.0. The van der Waals surface area contributed by atoms with Crippen LogP contribution in [0.3, 0.4) is 0 Å². The summed E-state index contributed by atoms with van der Waals surface area (Å²) in [7, 11) is 0. The van der Waals surface area contributed by atoms with Gasteiger partial charge < -0.3 is 15.6 Å². The number of hydrogen-bond donors (Lipinski definition) is 2. The number of rotatable bonds is 5. The maximum Gasteiger partial charge on any atom is 0.234 e.